The van der Waals surface area contributed by atoms with Gasteiger partial charge in [0.25, 0.3) is 5.91 Å². The van der Waals surface area contributed by atoms with E-state index in [2.05, 4.69) is 24.5 Å². The maximum absolute atomic E-state index is 13.9. The normalized spacial score (nSPS) is 12.8. The largest absolute Gasteiger partial charge is 0.507 e. The lowest BCUT2D eigenvalue weighted by Crippen LogP contribution is -2.50. The van der Waals surface area contributed by atoms with Crippen molar-refractivity contribution in [1.82, 2.24) is 10.2 Å². The number of benzene rings is 2. The molecule has 0 saturated heterocycles. The van der Waals surface area contributed by atoms with E-state index in [0.29, 0.717) is 34.9 Å². The number of rotatable bonds is 11. The number of aromatic hydroxyl groups is 1. The number of carbonyl (C=O) groups is 3. The van der Waals surface area contributed by atoms with Gasteiger partial charge in [-0.15, -0.1) is 0 Å². The molecule has 0 heterocycles. The Kier molecular flexibility index (Phi) is 11.2. The molecular weight excluding hydrogens is 498 g/mol. The second kappa shape index (κ2) is 13.9. The lowest BCUT2D eigenvalue weighted by molar-refractivity contribution is -0.141. The average Bonchev–Trinajstić information content (AvgIpc) is 2.85. The minimum atomic E-state index is -1.16. The van der Waals surface area contributed by atoms with Crippen molar-refractivity contribution in [2.24, 2.45) is 5.92 Å². The van der Waals surface area contributed by atoms with Crippen molar-refractivity contribution in [1.29, 1.82) is 0 Å². The van der Waals surface area contributed by atoms with Crippen molar-refractivity contribution in [3.63, 3.8) is 0 Å². The van der Waals surface area contributed by atoms with Crippen molar-refractivity contribution in [3.05, 3.63) is 53.6 Å². The summed E-state index contributed by atoms with van der Waals surface area (Å²) in [6.07, 6.45) is 0.703. The molecule has 2 aromatic rings. The Labute approximate surface area is 231 Å². The van der Waals surface area contributed by atoms with Gasteiger partial charge in [0.2, 0.25) is 5.91 Å². The first kappa shape index (κ1) is 31.5. The van der Waals surface area contributed by atoms with Crippen LogP contribution in [0, 0.1) is 12.8 Å². The van der Waals surface area contributed by atoms with E-state index in [1.807, 2.05) is 6.92 Å². The summed E-state index contributed by atoms with van der Waals surface area (Å²) in [5.74, 6) is -0.0335. The molecule has 2 atom stereocenters. The van der Waals surface area contributed by atoms with Crippen LogP contribution < -0.4 is 15.4 Å². The number of alkyl carbamates (subject to hydrolysis) is 1. The molecule has 214 valence electrons. The Hall–Kier alpha value is -3.75. The number of aryl methyl sites for hydroxylation is 1. The Balaban J connectivity index is 2.50. The quantitative estimate of drug-likeness (QED) is 0.343. The van der Waals surface area contributed by atoms with E-state index >= 15 is 0 Å². The van der Waals surface area contributed by atoms with Crippen molar-refractivity contribution in [2.75, 3.05) is 19.0 Å². The predicted octanol–water partition coefficient (Wildman–Crippen LogP) is 5.57. The number of hydrogen-bond acceptors (Lipinski definition) is 6. The molecule has 0 saturated carbocycles. The molecule has 3 amide bonds. The monoisotopic (exact) mass is 541 g/mol. The molecule has 0 aliphatic heterocycles. The number of nitrogens with one attached hydrogen (secondary N) is 2. The molecule has 2 rings (SSSR count). The van der Waals surface area contributed by atoms with Crippen LogP contribution in [0.5, 0.6) is 11.5 Å². The number of hydrogen-bond donors (Lipinski definition) is 3. The summed E-state index contributed by atoms with van der Waals surface area (Å²) in [5, 5.41) is 16.4. The van der Waals surface area contributed by atoms with E-state index < -0.39 is 29.6 Å². The highest BCUT2D eigenvalue weighted by Crippen LogP contribution is 2.34. The molecule has 0 fully saturated rings. The second-order valence-corrected chi connectivity index (χ2v) is 11.1. The van der Waals surface area contributed by atoms with Gasteiger partial charge >= 0.3 is 6.09 Å². The molecular formula is C30H43N3O6. The standard InChI is InChI=1S/C30H43N3O6/c1-19(2)12-13-21(4)33(25(34)18-31-29(37)39-30(5,6)7)26(24-11-9-10-20(3)27(24)35)28(36)32-22-14-16-23(38-8)17-15-22/h9-11,14-17,19,21,26,35H,12-13,18H2,1-8H3,(H,31,37)(H,32,36). The predicted molar refractivity (Wildman–Crippen MR) is 152 cm³/mol. The van der Waals surface area contributed by atoms with E-state index in [0.717, 1.165) is 6.42 Å². The van der Waals surface area contributed by atoms with Gasteiger partial charge in [0, 0.05) is 17.3 Å². The Morgan fingerprint density at radius 2 is 1.64 bits per heavy atom. The third-order valence-electron chi connectivity index (χ3n) is 6.16. The average molecular weight is 542 g/mol. The smallest absolute Gasteiger partial charge is 0.408 e. The van der Waals surface area contributed by atoms with E-state index in [9.17, 15) is 19.5 Å². The number of phenolic OH excluding ortho intramolecular Hbond substituents is 1. The highest BCUT2D eigenvalue weighted by molar-refractivity contribution is 5.99. The third kappa shape index (κ3) is 9.50. The van der Waals surface area contributed by atoms with Gasteiger partial charge < -0.3 is 30.1 Å². The fourth-order valence-corrected chi connectivity index (χ4v) is 4.12. The van der Waals surface area contributed by atoms with E-state index in [-0.39, 0.29) is 18.3 Å². The molecule has 2 unspecified atom stereocenters. The van der Waals surface area contributed by atoms with E-state index in [1.165, 1.54) is 4.90 Å². The minimum absolute atomic E-state index is 0.0682. The summed E-state index contributed by atoms with van der Waals surface area (Å²) in [7, 11) is 1.55. The molecule has 39 heavy (non-hydrogen) atoms. The summed E-state index contributed by atoms with van der Waals surface area (Å²) in [6.45, 7) is 12.6. The highest BCUT2D eigenvalue weighted by Gasteiger charge is 2.37. The first-order valence-electron chi connectivity index (χ1n) is 13.2. The molecule has 0 aliphatic carbocycles. The molecule has 0 aliphatic rings. The zero-order valence-electron chi connectivity index (χ0n) is 24.3. The van der Waals surface area contributed by atoms with E-state index in [4.69, 9.17) is 9.47 Å². The van der Waals surface area contributed by atoms with Crippen LogP contribution in [0.1, 0.15) is 71.6 Å². The molecule has 0 aromatic heterocycles. The maximum atomic E-state index is 13.9. The van der Waals surface area contributed by atoms with Gasteiger partial charge in [-0.1, -0.05) is 32.0 Å². The van der Waals surface area contributed by atoms with Crippen molar-refractivity contribution >= 4 is 23.6 Å². The molecule has 0 spiro atoms. The number of phenols is 1. The fraction of sp³-hybridized carbons (Fsp3) is 0.500. The summed E-state index contributed by atoms with van der Waals surface area (Å²) in [6, 6.07) is 10.4. The van der Waals surface area contributed by atoms with Gasteiger partial charge in [-0.2, -0.15) is 0 Å². The summed E-state index contributed by atoms with van der Waals surface area (Å²) < 4.78 is 10.5. The number of ether oxygens (including phenoxy) is 2. The second-order valence-electron chi connectivity index (χ2n) is 11.1. The molecule has 3 N–H and O–H groups in total. The number of para-hydroxylation sites is 1. The summed E-state index contributed by atoms with van der Waals surface area (Å²) in [5.41, 5.74) is 0.643. The van der Waals surface area contributed by atoms with Crippen LogP contribution >= 0.6 is 0 Å². The van der Waals surface area contributed by atoms with Crippen LogP contribution in [-0.2, 0) is 14.3 Å². The van der Waals surface area contributed by atoms with Gasteiger partial charge in [0.15, 0.2) is 0 Å². The van der Waals surface area contributed by atoms with Gasteiger partial charge in [-0.3, -0.25) is 9.59 Å². The van der Waals surface area contributed by atoms with Gasteiger partial charge in [0.05, 0.1) is 7.11 Å². The highest BCUT2D eigenvalue weighted by atomic mass is 16.6. The third-order valence-corrected chi connectivity index (χ3v) is 6.16. The molecule has 9 heteroatoms. The van der Waals surface area contributed by atoms with Gasteiger partial charge in [-0.05, 0) is 83.2 Å². The van der Waals surface area contributed by atoms with Crippen LogP contribution in [0.4, 0.5) is 10.5 Å². The number of amides is 3. The Morgan fingerprint density at radius 1 is 1.00 bits per heavy atom. The van der Waals surface area contributed by atoms with Crippen LogP contribution in [-0.4, -0.2) is 53.2 Å². The van der Waals surface area contributed by atoms with Crippen LogP contribution in [0.15, 0.2) is 42.5 Å². The molecule has 0 bridgehead atoms. The summed E-state index contributed by atoms with van der Waals surface area (Å²) in [4.78, 5) is 41.4. The fourth-order valence-electron chi connectivity index (χ4n) is 4.12. The number of methoxy groups -OCH3 is 1. The topological polar surface area (TPSA) is 117 Å². The summed E-state index contributed by atoms with van der Waals surface area (Å²) >= 11 is 0. The Bertz CT molecular complexity index is 1120. The molecule has 0 radical (unpaired) electrons. The lowest BCUT2D eigenvalue weighted by Gasteiger charge is -2.37. The van der Waals surface area contributed by atoms with Gasteiger partial charge in [0.1, 0.15) is 29.7 Å². The Morgan fingerprint density at radius 3 is 2.21 bits per heavy atom. The maximum Gasteiger partial charge on any atom is 0.408 e. The first-order valence-corrected chi connectivity index (χ1v) is 13.2. The molecule has 9 nitrogen and oxygen atoms in total. The zero-order valence-corrected chi connectivity index (χ0v) is 24.3. The van der Waals surface area contributed by atoms with Crippen molar-refractivity contribution < 1.29 is 29.0 Å². The number of carbonyl (C=O) groups excluding carboxylic acids is 3. The van der Waals surface area contributed by atoms with E-state index in [1.54, 1.807) is 77.3 Å². The van der Waals surface area contributed by atoms with Crippen LogP contribution in [0.2, 0.25) is 0 Å². The molecule has 2 aromatic carbocycles. The van der Waals surface area contributed by atoms with Crippen molar-refractivity contribution in [2.45, 2.75) is 79.0 Å². The minimum Gasteiger partial charge on any atom is -0.507 e. The first-order chi connectivity index (χ1) is 18.2. The number of anilines is 1. The van der Waals surface area contributed by atoms with Gasteiger partial charge in [-0.25, -0.2) is 4.79 Å². The zero-order chi connectivity index (χ0) is 29.3. The van der Waals surface area contributed by atoms with Crippen LogP contribution in [0.3, 0.4) is 0 Å². The van der Waals surface area contributed by atoms with Crippen molar-refractivity contribution in [3.8, 4) is 11.5 Å². The number of nitrogens with zero attached hydrogens (tertiary/aromatic N) is 1. The lowest BCUT2D eigenvalue weighted by atomic mass is 9.96. The van der Waals surface area contributed by atoms with Crippen LogP contribution in [0.25, 0.3) is 0 Å². The SMILES string of the molecule is COc1ccc(NC(=O)C(c2cccc(C)c2O)N(C(=O)CNC(=O)OC(C)(C)C)C(C)CCC(C)C)cc1.